The molecule has 2 N–H and O–H groups in total. The minimum Gasteiger partial charge on any atom is -0.376 e. The molecule has 0 spiro atoms. The molecule has 2 atom stereocenters. The molecule has 0 aliphatic carbocycles. The van der Waals surface area contributed by atoms with Gasteiger partial charge in [0.1, 0.15) is 0 Å². The first-order chi connectivity index (χ1) is 13.7. The molecule has 0 amide bonds. The molecule has 0 saturated carbocycles. The lowest BCUT2D eigenvalue weighted by atomic mass is 10.1. The van der Waals surface area contributed by atoms with Gasteiger partial charge in [-0.1, -0.05) is 13.0 Å². The predicted molar refractivity (Wildman–Crippen MR) is 134 cm³/mol. The maximum atomic E-state index is 5.75. The fourth-order valence-electron chi connectivity index (χ4n) is 4.22. The monoisotopic (exact) mass is 535 g/mol. The van der Waals surface area contributed by atoms with Gasteiger partial charge in [0.15, 0.2) is 5.96 Å². The van der Waals surface area contributed by atoms with Crippen molar-refractivity contribution in [3.05, 3.63) is 22.4 Å². The molecule has 2 aliphatic heterocycles. The van der Waals surface area contributed by atoms with Crippen molar-refractivity contribution in [3.63, 3.8) is 0 Å². The van der Waals surface area contributed by atoms with Gasteiger partial charge in [-0.25, -0.2) is 0 Å². The Hall–Kier alpha value is -0.420. The smallest absolute Gasteiger partial charge is 0.191 e. The van der Waals surface area contributed by atoms with Crippen LogP contribution < -0.4 is 10.6 Å². The molecule has 2 aliphatic rings. The Labute approximate surface area is 197 Å². The molecule has 6 nitrogen and oxygen atoms in total. The number of guanidine groups is 1. The van der Waals surface area contributed by atoms with Crippen molar-refractivity contribution in [2.75, 3.05) is 52.9 Å². The van der Waals surface area contributed by atoms with Crippen LogP contribution in [0.5, 0.6) is 0 Å². The van der Waals surface area contributed by atoms with Crippen LogP contribution in [0.3, 0.4) is 0 Å². The van der Waals surface area contributed by atoms with Crippen molar-refractivity contribution in [3.8, 4) is 0 Å². The Kier molecular flexibility index (Phi) is 11.2. The maximum absolute atomic E-state index is 5.75. The fourth-order valence-corrected chi connectivity index (χ4v) is 5.08. The number of rotatable bonds is 7. The van der Waals surface area contributed by atoms with E-state index in [2.05, 4.69) is 56.8 Å². The molecular formula is C21H38IN5OS. The third kappa shape index (κ3) is 7.65. The molecule has 2 unspecified atom stereocenters. The number of aliphatic imine (C=N–C) groups is 1. The van der Waals surface area contributed by atoms with E-state index in [1.165, 1.54) is 43.8 Å². The van der Waals surface area contributed by atoms with Crippen LogP contribution in [0.4, 0.5) is 0 Å². The first kappa shape index (κ1) is 24.8. The maximum Gasteiger partial charge on any atom is 0.191 e. The highest BCUT2D eigenvalue weighted by Crippen LogP contribution is 2.26. The van der Waals surface area contributed by atoms with Crippen molar-refractivity contribution in [2.45, 2.75) is 51.3 Å². The van der Waals surface area contributed by atoms with Gasteiger partial charge < -0.3 is 20.3 Å². The van der Waals surface area contributed by atoms with Crippen LogP contribution in [0.25, 0.3) is 0 Å². The summed E-state index contributed by atoms with van der Waals surface area (Å²) in [6.07, 6.45) is 3.92. The summed E-state index contributed by atoms with van der Waals surface area (Å²) in [5.74, 6) is 0.928. The van der Waals surface area contributed by atoms with E-state index < -0.39 is 0 Å². The van der Waals surface area contributed by atoms with E-state index in [-0.39, 0.29) is 24.0 Å². The number of likely N-dealkylation sites (tertiary alicyclic amines) is 1. The SMILES string of the molecule is CCCN1CCC(NC(=NC)NCC(c2cccs2)N2CCOC(C)C2)CC1.I. The number of nitrogens with one attached hydrogen (secondary N) is 2. The second-order valence-electron chi connectivity index (χ2n) is 7.92. The van der Waals surface area contributed by atoms with Crippen LogP contribution in [0.1, 0.15) is 44.0 Å². The molecule has 8 heteroatoms. The molecule has 0 aromatic carbocycles. The van der Waals surface area contributed by atoms with Gasteiger partial charge in [-0.3, -0.25) is 9.89 Å². The quantitative estimate of drug-likeness (QED) is 0.319. The summed E-state index contributed by atoms with van der Waals surface area (Å²) < 4.78 is 5.75. The summed E-state index contributed by atoms with van der Waals surface area (Å²) in [4.78, 5) is 11.0. The van der Waals surface area contributed by atoms with Crippen molar-refractivity contribution in [1.82, 2.24) is 20.4 Å². The predicted octanol–water partition coefficient (Wildman–Crippen LogP) is 3.17. The standard InChI is InChI=1S/C21H37N5OS.HI/c1-4-9-25-10-7-18(8-11-25)24-21(22-3)23-15-19(20-6-5-14-28-20)26-12-13-27-17(2)16-26;/h5-6,14,17-19H,4,7-13,15-16H2,1-3H3,(H2,22,23,24);1H. The van der Waals surface area contributed by atoms with Crippen LogP contribution in [-0.4, -0.2) is 80.8 Å². The third-order valence-electron chi connectivity index (χ3n) is 5.74. The first-order valence-electron chi connectivity index (χ1n) is 10.8. The zero-order valence-electron chi connectivity index (χ0n) is 18.1. The lowest BCUT2D eigenvalue weighted by molar-refractivity contribution is -0.0334. The molecule has 2 fully saturated rings. The number of ether oxygens (including phenoxy) is 1. The van der Waals surface area contributed by atoms with Crippen LogP contribution in [-0.2, 0) is 4.74 Å². The molecule has 1 aromatic heterocycles. The highest BCUT2D eigenvalue weighted by molar-refractivity contribution is 14.0. The second-order valence-corrected chi connectivity index (χ2v) is 8.90. The summed E-state index contributed by atoms with van der Waals surface area (Å²) >= 11 is 1.84. The van der Waals surface area contributed by atoms with Gasteiger partial charge in [0, 0.05) is 50.7 Å². The van der Waals surface area contributed by atoms with Gasteiger partial charge in [-0.15, -0.1) is 35.3 Å². The van der Waals surface area contributed by atoms with Gasteiger partial charge in [0.2, 0.25) is 0 Å². The Bertz CT molecular complexity index is 592. The van der Waals surface area contributed by atoms with Gasteiger partial charge in [0.05, 0.1) is 18.8 Å². The third-order valence-corrected chi connectivity index (χ3v) is 6.71. The second kappa shape index (κ2) is 13.1. The number of hydrogen-bond donors (Lipinski definition) is 2. The van der Waals surface area contributed by atoms with E-state index in [9.17, 15) is 0 Å². The van der Waals surface area contributed by atoms with Crippen molar-refractivity contribution >= 4 is 41.3 Å². The zero-order chi connectivity index (χ0) is 19.8. The molecule has 0 bridgehead atoms. The Morgan fingerprint density at radius 3 is 2.76 bits per heavy atom. The lowest BCUT2D eigenvalue weighted by Crippen LogP contribution is -2.51. The van der Waals surface area contributed by atoms with Gasteiger partial charge in [0.25, 0.3) is 0 Å². The van der Waals surface area contributed by atoms with E-state index in [4.69, 9.17) is 4.74 Å². The van der Waals surface area contributed by atoms with Gasteiger partial charge >= 0.3 is 0 Å². The van der Waals surface area contributed by atoms with Gasteiger partial charge in [-0.05, 0) is 44.2 Å². The molecule has 3 rings (SSSR count). The molecule has 1 aromatic rings. The average Bonchev–Trinajstić information content (AvgIpc) is 3.23. The summed E-state index contributed by atoms with van der Waals surface area (Å²) in [5, 5.41) is 9.43. The van der Waals surface area contributed by atoms with E-state index in [1.54, 1.807) is 0 Å². The average molecular weight is 536 g/mol. The van der Waals surface area contributed by atoms with Crippen molar-refractivity contribution < 1.29 is 4.74 Å². The minimum atomic E-state index is 0. The summed E-state index contributed by atoms with van der Waals surface area (Å²) in [5.41, 5.74) is 0. The first-order valence-corrected chi connectivity index (χ1v) is 11.7. The topological polar surface area (TPSA) is 52.1 Å². The molecule has 2 saturated heterocycles. The van der Waals surface area contributed by atoms with Crippen LogP contribution in [0.2, 0.25) is 0 Å². The Morgan fingerprint density at radius 1 is 1.34 bits per heavy atom. The van der Waals surface area contributed by atoms with Crippen molar-refractivity contribution in [1.29, 1.82) is 0 Å². The fraction of sp³-hybridized carbons (Fsp3) is 0.762. The van der Waals surface area contributed by atoms with E-state index in [1.807, 2.05) is 18.4 Å². The van der Waals surface area contributed by atoms with E-state index in [0.717, 1.165) is 32.2 Å². The van der Waals surface area contributed by atoms with E-state index in [0.29, 0.717) is 18.2 Å². The lowest BCUT2D eigenvalue weighted by Gasteiger charge is -2.37. The molecule has 3 heterocycles. The highest BCUT2D eigenvalue weighted by atomic mass is 127. The molecule has 166 valence electrons. The number of halogens is 1. The Balaban J connectivity index is 0.00000300. The van der Waals surface area contributed by atoms with Crippen LogP contribution >= 0.6 is 35.3 Å². The summed E-state index contributed by atoms with van der Waals surface area (Å²) in [6.45, 7) is 11.7. The van der Waals surface area contributed by atoms with E-state index >= 15 is 0 Å². The molecule has 29 heavy (non-hydrogen) atoms. The number of piperidine rings is 1. The normalized spacial score (nSPS) is 23.4. The minimum absolute atomic E-state index is 0. The number of nitrogens with zero attached hydrogens (tertiary/aromatic N) is 3. The van der Waals surface area contributed by atoms with Crippen molar-refractivity contribution in [2.24, 2.45) is 4.99 Å². The number of hydrogen-bond acceptors (Lipinski definition) is 5. The van der Waals surface area contributed by atoms with Crippen LogP contribution in [0, 0.1) is 0 Å². The molecule has 0 radical (unpaired) electrons. The number of morpholine rings is 1. The summed E-state index contributed by atoms with van der Waals surface area (Å²) in [6, 6.07) is 5.27. The number of thiophene rings is 1. The Morgan fingerprint density at radius 2 is 2.14 bits per heavy atom. The highest BCUT2D eigenvalue weighted by Gasteiger charge is 2.27. The van der Waals surface area contributed by atoms with Crippen LogP contribution in [0.15, 0.2) is 22.5 Å². The largest absolute Gasteiger partial charge is 0.376 e. The molecular weight excluding hydrogens is 497 g/mol. The summed E-state index contributed by atoms with van der Waals surface area (Å²) in [7, 11) is 1.87. The zero-order valence-corrected chi connectivity index (χ0v) is 21.2. The van der Waals surface area contributed by atoms with Gasteiger partial charge in [-0.2, -0.15) is 0 Å².